The van der Waals surface area contributed by atoms with Crippen molar-refractivity contribution in [2.45, 2.75) is 13.5 Å². The van der Waals surface area contributed by atoms with Crippen molar-refractivity contribution < 1.29 is 4.79 Å². The molecule has 0 aliphatic rings. The van der Waals surface area contributed by atoms with Crippen molar-refractivity contribution in [3.63, 3.8) is 0 Å². The number of carbonyl (C=O) groups is 1. The second-order valence-corrected chi connectivity index (χ2v) is 4.68. The summed E-state index contributed by atoms with van der Waals surface area (Å²) in [5, 5.41) is 7.28. The van der Waals surface area contributed by atoms with E-state index in [4.69, 9.17) is 17.3 Å². The van der Waals surface area contributed by atoms with Gasteiger partial charge in [-0.1, -0.05) is 11.6 Å². The van der Waals surface area contributed by atoms with Crippen molar-refractivity contribution >= 4 is 23.2 Å². The predicted octanol–water partition coefficient (Wildman–Crippen LogP) is 1.86. The highest BCUT2D eigenvalue weighted by Crippen LogP contribution is 2.18. The van der Waals surface area contributed by atoms with E-state index in [1.807, 2.05) is 13.1 Å². The van der Waals surface area contributed by atoms with Gasteiger partial charge in [-0.05, 0) is 30.7 Å². The van der Waals surface area contributed by atoms with Gasteiger partial charge in [0.25, 0.3) is 5.91 Å². The van der Waals surface area contributed by atoms with Crippen LogP contribution in [-0.2, 0) is 6.54 Å². The van der Waals surface area contributed by atoms with Crippen molar-refractivity contribution in [1.29, 1.82) is 0 Å². The van der Waals surface area contributed by atoms with Gasteiger partial charge in [-0.25, -0.2) is 0 Å². The fraction of sp³-hybridized carbons (Fsp3) is 0.231. The molecule has 19 heavy (non-hydrogen) atoms. The van der Waals surface area contributed by atoms with Gasteiger partial charge < -0.3 is 11.1 Å². The zero-order valence-electron chi connectivity index (χ0n) is 10.6. The molecule has 0 aliphatic heterocycles. The normalized spacial score (nSPS) is 10.4. The van der Waals surface area contributed by atoms with Crippen molar-refractivity contribution in [2.24, 2.45) is 0 Å². The van der Waals surface area contributed by atoms with E-state index in [0.29, 0.717) is 29.4 Å². The molecule has 1 aromatic carbocycles. The van der Waals surface area contributed by atoms with E-state index in [1.54, 1.807) is 29.1 Å². The third-order valence-corrected chi connectivity index (χ3v) is 2.94. The van der Waals surface area contributed by atoms with Gasteiger partial charge in [-0.3, -0.25) is 9.48 Å². The Morgan fingerprint density at radius 1 is 1.53 bits per heavy atom. The molecule has 0 saturated carbocycles. The Labute approximate surface area is 116 Å². The van der Waals surface area contributed by atoms with Crippen LogP contribution in [0.25, 0.3) is 0 Å². The third kappa shape index (κ3) is 3.48. The van der Waals surface area contributed by atoms with E-state index in [-0.39, 0.29) is 5.91 Å². The van der Waals surface area contributed by atoms with Crippen LogP contribution < -0.4 is 11.1 Å². The zero-order chi connectivity index (χ0) is 13.8. The number of hydrogen-bond acceptors (Lipinski definition) is 3. The summed E-state index contributed by atoms with van der Waals surface area (Å²) in [4.78, 5) is 11.9. The molecule has 1 aromatic heterocycles. The smallest absolute Gasteiger partial charge is 0.252 e. The van der Waals surface area contributed by atoms with Gasteiger partial charge in [0.1, 0.15) is 0 Å². The molecule has 0 aliphatic carbocycles. The van der Waals surface area contributed by atoms with Crippen LogP contribution in [-0.4, -0.2) is 22.2 Å². The Bertz CT molecular complexity index is 594. The Hall–Kier alpha value is -2.01. The number of rotatable bonds is 4. The molecule has 0 atom stereocenters. The molecule has 1 amide bonds. The first-order valence-corrected chi connectivity index (χ1v) is 6.26. The molecule has 0 spiro atoms. The number of aromatic nitrogens is 2. The summed E-state index contributed by atoms with van der Waals surface area (Å²) in [5.74, 6) is -0.214. The van der Waals surface area contributed by atoms with E-state index in [1.165, 1.54) is 0 Å². The minimum Gasteiger partial charge on any atom is -0.399 e. The lowest BCUT2D eigenvalue weighted by molar-refractivity contribution is 0.0952. The molecule has 6 heteroatoms. The van der Waals surface area contributed by atoms with Crippen LogP contribution in [0.1, 0.15) is 15.9 Å². The van der Waals surface area contributed by atoms with Gasteiger partial charge in [0.05, 0.1) is 23.3 Å². The van der Waals surface area contributed by atoms with E-state index in [2.05, 4.69) is 10.4 Å². The number of amides is 1. The van der Waals surface area contributed by atoms with Gasteiger partial charge in [0, 0.05) is 18.4 Å². The Morgan fingerprint density at radius 2 is 2.32 bits per heavy atom. The minimum absolute atomic E-state index is 0.214. The quantitative estimate of drug-likeness (QED) is 0.839. The lowest BCUT2D eigenvalue weighted by Crippen LogP contribution is -2.27. The molecule has 5 nitrogen and oxygen atoms in total. The number of halogens is 1. The van der Waals surface area contributed by atoms with Crippen molar-refractivity contribution in [3.8, 4) is 0 Å². The number of nitrogens with one attached hydrogen (secondary N) is 1. The molecule has 1 heterocycles. The highest BCUT2D eigenvalue weighted by atomic mass is 35.5. The first-order chi connectivity index (χ1) is 9.06. The fourth-order valence-electron chi connectivity index (χ4n) is 1.68. The zero-order valence-corrected chi connectivity index (χ0v) is 11.3. The van der Waals surface area contributed by atoms with Crippen LogP contribution in [0.3, 0.4) is 0 Å². The largest absolute Gasteiger partial charge is 0.399 e. The van der Waals surface area contributed by atoms with Crippen molar-refractivity contribution in [1.82, 2.24) is 15.1 Å². The van der Waals surface area contributed by atoms with Crippen LogP contribution in [0, 0.1) is 6.92 Å². The first-order valence-electron chi connectivity index (χ1n) is 5.88. The molecular formula is C13H15ClN4O. The number of carbonyl (C=O) groups excluding carboxylic acids is 1. The van der Waals surface area contributed by atoms with Crippen LogP contribution in [0.5, 0.6) is 0 Å². The summed E-state index contributed by atoms with van der Waals surface area (Å²) in [7, 11) is 0. The maximum atomic E-state index is 11.9. The maximum Gasteiger partial charge on any atom is 0.252 e. The molecule has 0 radical (unpaired) electrons. The number of hydrogen-bond donors (Lipinski definition) is 2. The number of benzene rings is 1. The maximum absolute atomic E-state index is 11.9. The molecule has 0 bridgehead atoms. The summed E-state index contributed by atoms with van der Waals surface area (Å²) < 4.78 is 1.78. The van der Waals surface area contributed by atoms with E-state index in [0.717, 1.165) is 5.56 Å². The summed E-state index contributed by atoms with van der Waals surface area (Å²) in [6.45, 7) is 3.07. The first kappa shape index (κ1) is 13.4. The van der Waals surface area contributed by atoms with Crippen molar-refractivity contribution in [2.75, 3.05) is 12.3 Å². The number of anilines is 1. The van der Waals surface area contributed by atoms with Crippen LogP contribution >= 0.6 is 11.6 Å². The molecule has 100 valence electrons. The summed E-state index contributed by atoms with van der Waals surface area (Å²) in [6, 6.07) is 4.83. The van der Waals surface area contributed by atoms with Crippen LogP contribution in [0.15, 0.2) is 30.6 Å². The second-order valence-electron chi connectivity index (χ2n) is 4.28. The van der Waals surface area contributed by atoms with E-state index >= 15 is 0 Å². The van der Waals surface area contributed by atoms with Crippen molar-refractivity contribution in [3.05, 3.63) is 46.7 Å². The standard InChI is InChI=1S/C13H15ClN4O/c1-9-7-17-18(8-9)5-4-16-13(19)11-3-2-10(15)6-12(11)14/h2-3,6-8H,4-5,15H2,1H3,(H,16,19). The lowest BCUT2D eigenvalue weighted by Gasteiger charge is -2.07. The summed E-state index contributed by atoms with van der Waals surface area (Å²) in [5.41, 5.74) is 7.63. The molecule has 2 aromatic rings. The monoisotopic (exact) mass is 278 g/mol. The summed E-state index contributed by atoms with van der Waals surface area (Å²) in [6.07, 6.45) is 3.70. The molecule has 2 rings (SSSR count). The lowest BCUT2D eigenvalue weighted by atomic mass is 10.2. The van der Waals surface area contributed by atoms with E-state index in [9.17, 15) is 4.79 Å². The average Bonchev–Trinajstić information content (AvgIpc) is 2.75. The topological polar surface area (TPSA) is 72.9 Å². The minimum atomic E-state index is -0.214. The van der Waals surface area contributed by atoms with E-state index < -0.39 is 0 Å². The highest BCUT2D eigenvalue weighted by Gasteiger charge is 2.09. The third-order valence-electron chi connectivity index (χ3n) is 2.63. The molecule has 0 unspecified atom stereocenters. The van der Waals surface area contributed by atoms with Gasteiger partial charge in [0.2, 0.25) is 0 Å². The second kappa shape index (κ2) is 5.75. The molecule has 0 fully saturated rings. The fourth-order valence-corrected chi connectivity index (χ4v) is 1.96. The van der Waals surface area contributed by atoms with Crippen LogP contribution in [0.2, 0.25) is 5.02 Å². The SMILES string of the molecule is Cc1cnn(CCNC(=O)c2ccc(N)cc2Cl)c1. The van der Waals surface area contributed by atoms with Gasteiger partial charge >= 0.3 is 0 Å². The Kier molecular flexibility index (Phi) is 4.06. The van der Waals surface area contributed by atoms with Crippen LogP contribution in [0.4, 0.5) is 5.69 Å². The molecule has 3 N–H and O–H groups in total. The Balaban J connectivity index is 1.90. The number of nitrogen functional groups attached to an aromatic ring is 1. The number of nitrogens with zero attached hydrogens (tertiary/aromatic N) is 2. The Morgan fingerprint density at radius 3 is 2.95 bits per heavy atom. The predicted molar refractivity (Wildman–Crippen MR) is 75.2 cm³/mol. The molecular weight excluding hydrogens is 264 g/mol. The summed E-state index contributed by atoms with van der Waals surface area (Å²) >= 11 is 5.97. The average molecular weight is 279 g/mol. The highest BCUT2D eigenvalue weighted by molar-refractivity contribution is 6.34. The number of aryl methyl sites for hydroxylation is 1. The van der Waals surface area contributed by atoms with Gasteiger partial charge in [-0.15, -0.1) is 0 Å². The van der Waals surface area contributed by atoms with Gasteiger partial charge in [0.15, 0.2) is 0 Å². The molecule has 0 saturated heterocycles. The van der Waals surface area contributed by atoms with Gasteiger partial charge in [-0.2, -0.15) is 5.10 Å². The number of nitrogens with two attached hydrogens (primary N) is 1.